The van der Waals surface area contributed by atoms with E-state index in [0.29, 0.717) is 23.3 Å². The van der Waals surface area contributed by atoms with Crippen LogP contribution in [0.2, 0.25) is 0 Å². The van der Waals surface area contributed by atoms with Gasteiger partial charge in [-0.3, -0.25) is 4.90 Å². The first-order valence-corrected chi connectivity index (χ1v) is 11.9. The number of anilines is 1. The SMILES string of the molecule is CC(CN1CCN(c2ccccc2C2CC(C)(C)CC(C)(C)C2)CC1)S(=O)O. The van der Waals surface area contributed by atoms with E-state index in [1.807, 2.05) is 6.92 Å². The van der Waals surface area contributed by atoms with Gasteiger partial charge in [-0.25, -0.2) is 4.21 Å². The van der Waals surface area contributed by atoms with Crippen molar-refractivity contribution in [1.29, 1.82) is 0 Å². The van der Waals surface area contributed by atoms with E-state index in [9.17, 15) is 8.76 Å². The molecule has 1 heterocycles. The molecular formula is C23H38N2O2S. The third-order valence-corrected chi connectivity index (χ3v) is 7.34. The molecule has 1 aliphatic heterocycles. The Balaban J connectivity index is 1.72. The fraction of sp³-hybridized carbons (Fsp3) is 0.739. The molecule has 0 aromatic heterocycles. The molecule has 2 unspecified atom stereocenters. The van der Waals surface area contributed by atoms with E-state index in [-0.39, 0.29) is 5.25 Å². The predicted molar refractivity (Wildman–Crippen MR) is 119 cm³/mol. The van der Waals surface area contributed by atoms with Gasteiger partial charge in [-0.1, -0.05) is 45.9 Å². The van der Waals surface area contributed by atoms with Crippen molar-refractivity contribution in [3.05, 3.63) is 29.8 Å². The van der Waals surface area contributed by atoms with Crippen LogP contribution < -0.4 is 4.90 Å². The molecule has 2 atom stereocenters. The van der Waals surface area contributed by atoms with Gasteiger partial charge in [0.1, 0.15) is 0 Å². The average Bonchev–Trinajstić information content (AvgIpc) is 2.59. The molecule has 1 aromatic carbocycles. The molecule has 0 spiro atoms. The number of benzene rings is 1. The fourth-order valence-electron chi connectivity index (χ4n) is 5.79. The second-order valence-electron chi connectivity index (χ2n) is 10.5. The number of nitrogens with zero attached hydrogens (tertiary/aromatic N) is 2. The van der Waals surface area contributed by atoms with E-state index in [1.165, 1.54) is 30.5 Å². The van der Waals surface area contributed by atoms with Crippen LogP contribution in [0.25, 0.3) is 0 Å². The zero-order chi connectivity index (χ0) is 20.5. The molecule has 5 heteroatoms. The van der Waals surface area contributed by atoms with E-state index in [4.69, 9.17) is 0 Å². The summed E-state index contributed by atoms with van der Waals surface area (Å²) < 4.78 is 20.5. The van der Waals surface area contributed by atoms with Gasteiger partial charge in [0.2, 0.25) is 0 Å². The first kappa shape index (κ1) is 21.8. The van der Waals surface area contributed by atoms with Crippen molar-refractivity contribution < 1.29 is 8.76 Å². The highest BCUT2D eigenvalue weighted by Crippen LogP contribution is 2.53. The molecule has 1 saturated heterocycles. The summed E-state index contributed by atoms with van der Waals surface area (Å²) in [6.07, 6.45) is 3.81. The number of hydrogen-bond acceptors (Lipinski definition) is 3. The Morgan fingerprint density at radius 1 is 1.07 bits per heavy atom. The normalized spacial score (nSPS) is 25.4. The lowest BCUT2D eigenvalue weighted by molar-refractivity contribution is 0.0970. The molecule has 1 aromatic rings. The van der Waals surface area contributed by atoms with Crippen LogP contribution in [0.5, 0.6) is 0 Å². The maximum absolute atomic E-state index is 11.3. The highest BCUT2D eigenvalue weighted by Gasteiger charge is 2.39. The quantitative estimate of drug-likeness (QED) is 0.718. The monoisotopic (exact) mass is 406 g/mol. The Labute approximate surface area is 174 Å². The molecular weight excluding hydrogens is 368 g/mol. The van der Waals surface area contributed by atoms with Gasteiger partial charge in [0, 0.05) is 38.4 Å². The first-order chi connectivity index (χ1) is 13.1. The Bertz CT molecular complexity index is 680. The number of para-hydroxylation sites is 1. The maximum Gasteiger partial charge on any atom is 0.157 e. The van der Waals surface area contributed by atoms with Crippen LogP contribution in [0, 0.1) is 10.8 Å². The number of piperazine rings is 1. The molecule has 28 heavy (non-hydrogen) atoms. The molecule has 1 N–H and O–H groups in total. The Morgan fingerprint density at radius 3 is 2.21 bits per heavy atom. The van der Waals surface area contributed by atoms with Gasteiger partial charge < -0.3 is 9.45 Å². The zero-order valence-corrected chi connectivity index (χ0v) is 19.1. The van der Waals surface area contributed by atoms with Gasteiger partial charge in [0.05, 0.1) is 5.25 Å². The van der Waals surface area contributed by atoms with Crippen molar-refractivity contribution in [3.8, 4) is 0 Å². The van der Waals surface area contributed by atoms with Gasteiger partial charge in [-0.15, -0.1) is 0 Å². The Hall–Kier alpha value is -0.910. The van der Waals surface area contributed by atoms with Crippen molar-refractivity contribution in [3.63, 3.8) is 0 Å². The van der Waals surface area contributed by atoms with Gasteiger partial charge >= 0.3 is 0 Å². The largest absolute Gasteiger partial charge is 0.369 e. The van der Waals surface area contributed by atoms with Crippen molar-refractivity contribution in [2.45, 2.75) is 65.0 Å². The molecule has 3 rings (SSSR count). The molecule has 2 fully saturated rings. The topological polar surface area (TPSA) is 43.8 Å². The molecule has 0 amide bonds. The first-order valence-electron chi connectivity index (χ1n) is 10.7. The van der Waals surface area contributed by atoms with Crippen LogP contribution in [-0.2, 0) is 11.1 Å². The summed E-state index contributed by atoms with van der Waals surface area (Å²) in [5.74, 6) is 0.616. The van der Waals surface area contributed by atoms with Crippen LogP contribution in [0.15, 0.2) is 24.3 Å². The van der Waals surface area contributed by atoms with Crippen molar-refractivity contribution in [1.82, 2.24) is 4.90 Å². The smallest absolute Gasteiger partial charge is 0.157 e. The van der Waals surface area contributed by atoms with Gasteiger partial charge in [0.15, 0.2) is 11.1 Å². The fourth-order valence-corrected chi connectivity index (χ4v) is 6.12. The van der Waals surface area contributed by atoms with Crippen molar-refractivity contribution in [2.75, 3.05) is 37.6 Å². The molecule has 4 nitrogen and oxygen atoms in total. The lowest BCUT2D eigenvalue weighted by Gasteiger charge is -2.46. The lowest BCUT2D eigenvalue weighted by atomic mass is 9.60. The van der Waals surface area contributed by atoms with E-state index in [2.05, 4.69) is 61.8 Å². The highest BCUT2D eigenvalue weighted by molar-refractivity contribution is 7.79. The lowest BCUT2D eigenvalue weighted by Crippen LogP contribution is -2.49. The number of rotatable bonds is 5. The van der Waals surface area contributed by atoms with Crippen LogP contribution in [0.1, 0.15) is 65.4 Å². The van der Waals surface area contributed by atoms with Crippen LogP contribution in [-0.4, -0.2) is 51.6 Å². The average molecular weight is 407 g/mol. The zero-order valence-electron chi connectivity index (χ0n) is 18.3. The third-order valence-electron chi connectivity index (χ3n) is 6.50. The molecule has 158 valence electrons. The summed E-state index contributed by atoms with van der Waals surface area (Å²) in [6.45, 7) is 16.1. The van der Waals surface area contributed by atoms with Crippen LogP contribution in [0.4, 0.5) is 5.69 Å². The summed E-state index contributed by atoms with van der Waals surface area (Å²) in [7, 11) is 0. The molecule has 0 radical (unpaired) electrons. The molecule has 0 bridgehead atoms. The minimum atomic E-state index is -1.73. The van der Waals surface area contributed by atoms with Crippen LogP contribution >= 0.6 is 0 Å². The maximum atomic E-state index is 11.3. The van der Waals surface area contributed by atoms with Gasteiger partial charge in [-0.05, 0) is 54.6 Å². The summed E-state index contributed by atoms with van der Waals surface area (Å²) in [6, 6.07) is 9.01. The Kier molecular flexibility index (Phi) is 6.58. The van der Waals surface area contributed by atoms with Gasteiger partial charge in [-0.2, -0.15) is 0 Å². The van der Waals surface area contributed by atoms with E-state index < -0.39 is 11.1 Å². The summed E-state index contributed by atoms with van der Waals surface area (Å²) >= 11 is -1.73. The molecule has 2 aliphatic rings. The predicted octanol–water partition coefficient (Wildman–Crippen LogP) is 4.74. The third kappa shape index (κ3) is 5.37. The summed E-state index contributed by atoms with van der Waals surface area (Å²) in [5.41, 5.74) is 3.68. The van der Waals surface area contributed by atoms with E-state index in [0.717, 1.165) is 26.2 Å². The van der Waals surface area contributed by atoms with Gasteiger partial charge in [0.25, 0.3) is 0 Å². The van der Waals surface area contributed by atoms with E-state index >= 15 is 0 Å². The minimum absolute atomic E-state index is 0.189. The van der Waals surface area contributed by atoms with Crippen molar-refractivity contribution >= 4 is 16.8 Å². The highest BCUT2D eigenvalue weighted by atomic mass is 32.2. The number of hydrogen-bond donors (Lipinski definition) is 1. The van der Waals surface area contributed by atoms with Crippen LogP contribution in [0.3, 0.4) is 0 Å². The summed E-state index contributed by atoms with van der Waals surface area (Å²) in [5, 5.41) is -0.189. The second kappa shape index (κ2) is 8.45. The second-order valence-corrected chi connectivity index (χ2v) is 11.9. The van der Waals surface area contributed by atoms with E-state index in [1.54, 1.807) is 0 Å². The molecule has 1 saturated carbocycles. The standard InChI is InChI=1S/C23H38N2O2S/c1-18(28(26)27)16-24-10-12-25(13-11-24)21-9-7-6-8-20(21)19-14-22(2,3)17-23(4,5)15-19/h6-9,18-19H,10-17H2,1-5H3,(H,26,27). The molecule has 1 aliphatic carbocycles. The Morgan fingerprint density at radius 2 is 1.64 bits per heavy atom. The summed E-state index contributed by atoms with van der Waals surface area (Å²) in [4.78, 5) is 4.85. The van der Waals surface area contributed by atoms with Crippen molar-refractivity contribution in [2.24, 2.45) is 10.8 Å². The minimum Gasteiger partial charge on any atom is -0.369 e.